The van der Waals surface area contributed by atoms with Crippen molar-refractivity contribution in [3.05, 3.63) is 59.9 Å². The molecule has 0 saturated carbocycles. The molecule has 1 aliphatic heterocycles. The number of nitrogen functional groups attached to an aromatic ring is 1. The predicted octanol–water partition coefficient (Wildman–Crippen LogP) is 3.01. The Kier molecular flexibility index (Phi) is 2.67. The lowest BCUT2D eigenvalue weighted by Gasteiger charge is -2.42. The van der Waals surface area contributed by atoms with Gasteiger partial charge in [0.15, 0.2) is 0 Å². The van der Waals surface area contributed by atoms with E-state index in [1.165, 1.54) is 17.7 Å². The maximum absolute atomic E-state index is 13.0. The van der Waals surface area contributed by atoms with Gasteiger partial charge in [0, 0.05) is 19.0 Å². The van der Waals surface area contributed by atoms with Crippen LogP contribution in [0.2, 0.25) is 0 Å². The van der Waals surface area contributed by atoms with Crippen LogP contribution >= 0.6 is 0 Å². The summed E-state index contributed by atoms with van der Waals surface area (Å²) in [6.45, 7) is 1.89. The highest BCUT2D eigenvalue weighted by Gasteiger charge is 2.29. The van der Waals surface area contributed by atoms with E-state index < -0.39 is 0 Å². The first-order valence-corrected chi connectivity index (χ1v) is 6.09. The van der Waals surface area contributed by atoms with E-state index in [0.29, 0.717) is 11.6 Å². The third kappa shape index (κ3) is 1.92. The van der Waals surface area contributed by atoms with Gasteiger partial charge in [-0.2, -0.15) is 0 Å². The molecule has 2 aromatic carbocycles. The molecular weight excluding hydrogens is 227 g/mol. The van der Waals surface area contributed by atoms with Crippen LogP contribution in [0.3, 0.4) is 0 Å². The smallest absolute Gasteiger partial charge is 0.125 e. The molecule has 1 aliphatic rings. The molecule has 0 atom stereocenters. The van der Waals surface area contributed by atoms with Crippen molar-refractivity contribution in [3.8, 4) is 0 Å². The Hall–Kier alpha value is -2.03. The second-order valence-electron chi connectivity index (χ2n) is 4.72. The van der Waals surface area contributed by atoms with Crippen molar-refractivity contribution in [1.29, 1.82) is 0 Å². The highest BCUT2D eigenvalue weighted by atomic mass is 19.1. The van der Waals surface area contributed by atoms with E-state index in [-0.39, 0.29) is 5.82 Å². The third-order valence-electron chi connectivity index (χ3n) is 3.48. The van der Waals surface area contributed by atoms with Crippen molar-refractivity contribution in [2.45, 2.75) is 5.92 Å². The second-order valence-corrected chi connectivity index (χ2v) is 4.72. The lowest BCUT2D eigenvalue weighted by molar-refractivity contribution is 0.525. The van der Waals surface area contributed by atoms with E-state index in [9.17, 15) is 4.39 Å². The summed E-state index contributed by atoms with van der Waals surface area (Å²) in [5.41, 5.74) is 8.64. The molecule has 0 spiro atoms. The molecule has 3 rings (SSSR count). The molecule has 0 bridgehead atoms. The molecule has 18 heavy (non-hydrogen) atoms. The minimum absolute atomic E-state index is 0.281. The van der Waals surface area contributed by atoms with Gasteiger partial charge in [-0.25, -0.2) is 4.39 Å². The predicted molar refractivity (Wildman–Crippen MR) is 72.2 cm³/mol. The number of nitrogens with zero attached hydrogens (tertiary/aromatic N) is 1. The summed E-state index contributed by atoms with van der Waals surface area (Å²) >= 11 is 0. The second kappa shape index (κ2) is 4.33. The Bertz CT molecular complexity index is 548. The molecular formula is C15H15FN2. The normalized spacial score (nSPS) is 15.5. The highest BCUT2D eigenvalue weighted by Crippen LogP contribution is 2.34. The molecule has 2 aromatic rings. The molecule has 0 aromatic heterocycles. The van der Waals surface area contributed by atoms with E-state index in [2.05, 4.69) is 29.2 Å². The number of benzene rings is 2. The average Bonchev–Trinajstić information content (AvgIpc) is 2.31. The summed E-state index contributed by atoms with van der Waals surface area (Å²) < 4.78 is 13.0. The molecule has 2 nitrogen and oxygen atoms in total. The summed E-state index contributed by atoms with van der Waals surface area (Å²) in [5, 5.41) is 0. The lowest BCUT2D eigenvalue weighted by atomic mass is 9.91. The number of hydrogen-bond donors (Lipinski definition) is 1. The maximum Gasteiger partial charge on any atom is 0.125 e. The number of anilines is 2. The maximum atomic E-state index is 13.0. The molecule has 0 unspecified atom stereocenters. The van der Waals surface area contributed by atoms with Gasteiger partial charge in [0.05, 0.1) is 11.4 Å². The number of halogens is 1. The Morgan fingerprint density at radius 3 is 2.44 bits per heavy atom. The van der Waals surface area contributed by atoms with Gasteiger partial charge >= 0.3 is 0 Å². The summed E-state index contributed by atoms with van der Waals surface area (Å²) in [6.07, 6.45) is 0. The topological polar surface area (TPSA) is 29.3 Å². The molecule has 0 radical (unpaired) electrons. The highest BCUT2D eigenvalue weighted by molar-refractivity contribution is 5.69. The molecule has 2 N–H and O–H groups in total. The summed E-state index contributed by atoms with van der Waals surface area (Å²) in [7, 11) is 0. The zero-order valence-corrected chi connectivity index (χ0v) is 10.0. The van der Waals surface area contributed by atoms with Crippen molar-refractivity contribution >= 4 is 11.4 Å². The van der Waals surface area contributed by atoms with Crippen LogP contribution in [0.25, 0.3) is 0 Å². The van der Waals surface area contributed by atoms with E-state index in [1.54, 1.807) is 6.07 Å². The fourth-order valence-corrected chi connectivity index (χ4v) is 2.42. The zero-order valence-electron chi connectivity index (χ0n) is 10.0. The van der Waals surface area contributed by atoms with E-state index in [1.807, 2.05) is 6.07 Å². The number of rotatable bonds is 2. The summed E-state index contributed by atoms with van der Waals surface area (Å²) in [5.74, 6) is 0.270. The van der Waals surface area contributed by atoms with Gasteiger partial charge in [0.25, 0.3) is 0 Å². The first-order valence-electron chi connectivity index (χ1n) is 6.09. The van der Waals surface area contributed by atoms with Crippen molar-refractivity contribution in [2.24, 2.45) is 0 Å². The summed E-state index contributed by atoms with van der Waals surface area (Å²) in [4.78, 5) is 2.19. The first kappa shape index (κ1) is 11.1. The number of hydrogen-bond acceptors (Lipinski definition) is 2. The Balaban J connectivity index is 1.72. The van der Waals surface area contributed by atoms with Gasteiger partial charge in [0.2, 0.25) is 0 Å². The Morgan fingerprint density at radius 1 is 1.06 bits per heavy atom. The van der Waals surface area contributed by atoms with Gasteiger partial charge in [-0.3, -0.25) is 0 Å². The van der Waals surface area contributed by atoms with Crippen LogP contribution < -0.4 is 10.6 Å². The molecule has 1 saturated heterocycles. The molecule has 1 fully saturated rings. The molecule has 1 heterocycles. The number of nitrogens with two attached hydrogens (primary N) is 1. The van der Waals surface area contributed by atoms with Crippen LogP contribution in [-0.2, 0) is 0 Å². The molecule has 0 aliphatic carbocycles. The van der Waals surface area contributed by atoms with E-state index >= 15 is 0 Å². The van der Waals surface area contributed by atoms with Crippen LogP contribution in [0.5, 0.6) is 0 Å². The molecule has 0 amide bonds. The standard InChI is InChI=1S/C15H15FN2/c16-13-6-7-15(14(17)8-13)18-9-12(10-18)11-4-2-1-3-5-11/h1-8,12H,9-10,17H2. The quantitative estimate of drug-likeness (QED) is 0.820. The SMILES string of the molecule is Nc1cc(F)ccc1N1CC(c2ccccc2)C1. The largest absolute Gasteiger partial charge is 0.397 e. The van der Waals surface area contributed by atoms with Gasteiger partial charge < -0.3 is 10.6 Å². The van der Waals surface area contributed by atoms with Crippen LogP contribution in [0.4, 0.5) is 15.8 Å². The van der Waals surface area contributed by atoms with Gasteiger partial charge in [-0.05, 0) is 23.8 Å². The van der Waals surface area contributed by atoms with Gasteiger partial charge in [-0.1, -0.05) is 30.3 Å². The first-order chi connectivity index (χ1) is 8.74. The molecule has 3 heteroatoms. The van der Waals surface area contributed by atoms with Crippen molar-refractivity contribution in [1.82, 2.24) is 0 Å². The zero-order chi connectivity index (χ0) is 12.5. The minimum atomic E-state index is -0.281. The average molecular weight is 242 g/mol. The Morgan fingerprint density at radius 2 is 1.78 bits per heavy atom. The van der Waals surface area contributed by atoms with Crippen molar-refractivity contribution < 1.29 is 4.39 Å². The summed E-state index contributed by atoms with van der Waals surface area (Å²) in [6, 6.07) is 15.0. The lowest BCUT2D eigenvalue weighted by Crippen LogP contribution is -2.45. The van der Waals surface area contributed by atoms with Crippen LogP contribution in [0.1, 0.15) is 11.5 Å². The minimum Gasteiger partial charge on any atom is -0.397 e. The van der Waals surface area contributed by atoms with Gasteiger partial charge in [-0.15, -0.1) is 0 Å². The van der Waals surface area contributed by atoms with Crippen LogP contribution in [-0.4, -0.2) is 13.1 Å². The fourth-order valence-electron chi connectivity index (χ4n) is 2.42. The Labute approximate surface area is 106 Å². The van der Waals surface area contributed by atoms with E-state index in [0.717, 1.165) is 18.8 Å². The van der Waals surface area contributed by atoms with Crippen molar-refractivity contribution in [2.75, 3.05) is 23.7 Å². The van der Waals surface area contributed by atoms with Crippen LogP contribution in [0.15, 0.2) is 48.5 Å². The van der Waals surface area contributed by atoms with E-state index in [4.69, 9.17) is 5.73 Å². The monoisotopic (exact) mass is 242 g/mol. The fraction of sp³-hybridized carbons (Fsp3) is 0.200. The van der Waals surface area contributed by atoms with Crippen LogP contribution in [0, 0.1) is 5.82 Å². The third-order valence-corrected chi connectivity index (χ3v) is 3.48. The van der Waals surface area contributed by atoms with Gasteiger partial charge in [0.1, 0.15) is 5.82 Å². The van der Waals surface area contributed by atoms with Crippen molar-refractivity contribution in [3.63, 3.8) is 0 Å². The molecule has 92 valence electrons.